The van der Waals surface area contributed by atoms with Gasteiger partial charge in [0.15, 0.2) is 0 Å². The number of fused-ring (bicyclic) bond motifs is 1. The van der Waals surface area contributed by atoms with Gasteiger partial charge in [0, 0.05) is 55.3 Å². The molecule has 172 valence electrons. The van der Waals surface area contributed by atoms with Crippen molar-refractivity contribution in [3.63, 3.8) is 0 Å². The molecule has 0 atom stereocenters. The Labute approximate surface area is 195 Å². The number of aromatic nitrogens is 2. The highest BCUT2D eigenvalue weighted by atomic mass is 32.1. The van der Waals surface area contributed by atoms with Crippen LogP contribution < -0.4 is 10.5 Å². The van der Waals surface area contributed by atoms with Gasteiger partial charge in [0.1, 0.15) is 10.7 Å². The minimum absolute atomic E-state index is 0.00596. The Morgan fingerprint density at radius 3 is 2.45 bits per heavy atom. The number of hydrogen-bond donors (Lipinski definition) is 1. The number of rotatable bonds is 4. The number of carbonyl (C=O) groups excluding carboxylic acids is 2. The molecule has 2 amide bonds. The van der Waals surface area contributed by atoms with Gasteiger partial charge in [0.25, 0.3) is 11.5 Å². The molecule has 0 unspecified atom stereocenters. The summed E-state index contributed by atoms with van der Waals surface area (Å²) in [4.78, 5) is 52.8. The first kappa shape index (κ1) is 21.8. The summed E-state index contributed by atoms with van der Waals surface area (Å²) in [6, 6.07) is 7.34. The third kappa shape index (κ3) is 4.18. The average Bonchev–Trinajstić information content (AvgIpc) is 3.36. The highest BCUT2D eigenvalue weighted by Gasteiger charge is 2.25. The summed E-state index contributed by atoms with van der Waals surface area (Å²) in [6.45, 7) is 7.95. The second-order valence-corrected chi connectivity index (χ2v) is 9.94. The number of thiophene rings is 1. The van der Waals surface area contributed by atoms with Gasteiger partial charge in [-0.1, -0.05) is 0 Å². The SMILES string of the molecule is Cc1sc2nc(CN3CCN(C(=O)c4ccc(N5CCCC5=O)cc4)CC3)[nH]c(=O)c2c1C. The molecule has 5 rings (SSSR count). The molecule has 2 fully saturated rings. The van der Waals surface area contributed by atoms with Crippen LogP contribution in [-0.4, -0.2) is 64.3 Å². The molecule has 0 bridgehead atoms. The topological polar surface area (TPSA) is 89.6 Å². The lowest BCUT2D eigenvalue weighted by Crippen LogP contribution is -2.48. The van der Waals surface area contributed by atoms with E-state index in [0.29, 0.717) is 42.8 Å². The summed E-state index contributed by atoms with van der Waals surface area (Å²) in [7, 11) is 0. The van der Waals surface area contributed by atoms with Crippen molar-refractivity contribution in [1.29, 1.82) is 0 Å². The maximum atomic E-state index is 13.0. The molecule has 33 heavy (non-hydrogen) atoms. The first-order valence-electron chi connectivity index (χ1n) is 11.3. The number of nitrogens with zero attached hydrogens (tertiary/aromatic N) is 4. The number of aryl methyl sites for hydroxylation is 2. The Morgan fingerprint density at radius 1 is 1.06 bits per heavy atom. The first-order chi connectivity index (χ1) is 15.9. The second-order valence-electron chi connectivity index (χ2n) is 8.74. The van der Waals surface area contributed by atoms with Gasteiger partial charge in [-0.2, -0.15) is 0 Å². The summed E-state index contributed by atoms with van der Waals surface area (Å²) < 4.78 is 0. The molecule has 0 spiro atoms. The van der Waals surface area contributed by atoms with Gasteiger partial charge in [-0.3, -0.25) is 19.3 Å². The lowest BCUT2D eigenvalue weighted by molar-refractivity contribution is -0.117. The monoisotopic (exact) mass is 465 g/mol. The standard InChI is InChI=1S/C24H27N5O3S/c1-15-16(2)33-23-21(15)22(31)25-19(26-23)14-27-10-12-28(13-11-27)24(32)17-5-7-18(8-6-17)29-9-3-4-20(29)30/h5-8H,3-4,9-14H2,1-2H3,(H,25,26,31). The fraction of sp³-hybridized carbons (Fsp3) is 0.417. The van der Waals surface area contributed by atoms with Gasteiger partial charge in [0.2, 0.25) is 5.91 Å². The van der Waals surface area contributed by atoms with Crippen LogP contribution in [0, 0.1) is 13.8 Å². The van der Waals surface area contributed by atoms with E-state index in [1.165, 1.54) is 0 Å². The average molecular weight is 466 g/mol. The van der Waals surface area contributed by atoms with Gasteiger partial charge >= 0.3 is 0 Å². The van der Waals surface area contributed by atoms with Crippen molar-refractivity contribution in [3.05, 3.63) is 56.4 Å². The number of nitrogens with one attached hydrogen (secondary N) is 1. The molecule has 0 aliphatic carbocycles. The smallest absolute Gasteiger partial charge is 0.259 e. The molecular weight excluding hydrogens is 438 g/mol. The maximum absolute atomic E-state index is 13.0. The summed E-state index contributed by atoms with van der Waals surface area (Å²) in [5.41, 5.74) is 2.42. The molecule has 0 radical (unpaired) electrons. The molecule has 2 aromatic heterocycles. The van der Waals surface area contributed by atoms with E-state index in [1.54, 1.807) is 16.2 Å². The highest BCUT2D eigenvalue weighted by Crippen LogP contribution is 2.26. The molecule has 9 heteroatoms. The van der Waals surface area contributed by atoms with E-state index in [2.05, 4.69) is 14.9 Å². The molecule has 2 aliphatic heterocycles. The third-order valence-corrected chi connectivity index (χ3v) is 7.72. The minimum atomic E-state index is -0.0789. The molecule has 1 N–H and O–H groups in total. The number of amides is 2. The third-order valence-electron chi connectivity index (χ3n) is 6.62. The van der Waals surface area contributed by atoms with Gasteiger partial charge in [-0.05, 0) is 50.1 Å². The van der Waals surface area contributed by atoms with Gasteiger partial charge < -0.3 is 14.8 Å². The Kier molecular flexibility index (Phi) is 5.76. The number of benzene rings is 1. The van der Waals surface area contributed by atoms with Crippen LogP contribution in [-0.2, 0) is 11.3 Å². The van der Waals surface area contributed by atoms with Gasteiger partial charge in [-0.15, -0.1) is 11.3 Å². The molecule has 1 aromatic carbocycles. The Hall–Kier alpha value is -3.04. The van der Waals surface area contributed by atoms with Crippen LogP contribution in [0.15, 0.2) is 29.1 Å². The number of hydrogen-bond acceptors (Lipinski definition) is 6. The van der Waals surface area contributed by atoms with Crippen LogP contribution in [0.4, 0.5) is 5.69 Å². The van der Waals surface area contributed by atoms with Gasteiger partial charge in [0.05, 0.1) is 11.9 Å². The van der Waals surface area contributed by atoms with E-state index >= 15 is 0 Å². The molecule has 0 saturated carbocycles. The molecule has 3 aromatic rings. The van der Waals surface area contributed by atoms with E-state index in [0.717, 1.165) is 47.0 Å². The number of piperazine rings is 1. The van der Waals surface area contributed by atoms with Gasteiger partial charge in [-0.25, -0.2) is 4.98 Å². The van der Waals surface area contributed by atoms with Crippen molar-refractivity contribution in [3.8, 4) is 0 Å². The van der Waals surface area contributed by atoms with Crippen molar-refractivity contribution in [2.75, 3.05) is 37.6 Å². The van der Waals surface area contributed by atoms with Crippen molar-refractivity contribution in [2.45, 2.75) is 33.2 Å². The zero-order valence-corrected chi connectivity index (χ0v) is 19.7. The summed E-state index contributed by atoms with van der Waals surface area (Å²) >= 11 is 1.56. The molecule has 2 saturated heterocycles. The predicted molar refractivity (Wildman–Crippen MR) is 129 cm³/mol. The second kappa shape index (κ2) is 8.72. The van der Waals surface area contributed by atoms with E-state index in [9.17, 15) is 14.4 Å². The lowest BCUT2D eigenvalue weighted by atomic mass is 10.1. The molecular formula is C24H27N5O3S. The van der Waals surface area contributed by atoms with Crippen LogP contribution in [0.3, 0.4) is 0 Å². The predicted octanol–water partition coefficient (Wildman–Crippen LogP) is 2.69. The van der Waals surface area contributed by atoms with Crippen molar-refractivity contribution in [1.82, 2.24) is 19.8 Å². The van der Waals surface area contributed by atoms with E-state index in [1.807, 2.05) is 43.0 Å². The highest BCUT2D eigenvalue weighted by molar-refractivity contribution is 7.18. The van der Waals surface area contributed by atoms with Crippen LogP contribution in [0.5, 0.6) is 0 Å². The van der Waals surface area contributed by atoms with Crippen LogP contribution >= 0.6 is 11.3 Å². The molecule has 2 aliphatic rings. The first-order valence-corrected chi connectivity index (χ1v) is 12.1. The molecule has 8 nitrogen and oxygen atoms in total. The Morgan fingerprint density at radius 2 is 1.79 bits per heavy atom. The number of anilines is 1. The zero-order valence-electron chi connectivity index (χ0n) is 18.9. The van der Waals surface area contributed by atoms with E-state index in [4.69, 9.17) is 0 Å². The lowest BCUT2D eigenvalue weighted by Gasteiger charge is -2.34. The zero-order chi connectivity index (χ0) is 23.1. The van der Waals surface area contributed by atoms with Crippen LogP contribution in [0.2, 0.25) is 0 Å². The summed E-state index contributed by atoms with van der Waals surface area (Å²) in [5.74, 6) is 0.816. The van der Waals surface area contributed by atoms with E-state index in [-0.39, 0.29) is 17.4 Å². The van der Waals surface area contributed by atoms with Crippen LogP contribution in [0.25, 0.3) is 10.2 Å². The van der Waals surface area contributed by atoms with Crippen molar-refractivity contribution >= 4 is 39.1 Å². The Bertz CT molecular complexity index is 1270. The largest absolute Gasteiger partial charge is 0.336 e. The minimum Gasteiger partial charge on any atom is -0.336 e. The summed E-state index contributed by atoms with van der Waals surface area (Å²) in [5, 5.41) is 0.691. The normalized spacial score (nSPS) is 17.3. The van der Waals surface area contributed by atoms with Crippen LogP contribution in [0.1, 0.15) is 39.5 Å². The number of aromatic amines is 1. The number of carbonyl (C=O) groups is 2. The Balaban J connectivity index is 1.20. The quantitative estimate of drug-likeness (QED) is 0.640. The molecule has 4 heterocycles. The van der Waals surface area contributed by atoms with E-state index < -0.39 is 0 Å². The van der Waals surface area contributed by atoms with Crippen molar-refractivity contribution < 1.29 is 9.59 Å². The fourth-order valence-electron chi connectivity index (χ4n) is 4.58. The fourth-order valence-corrected chi connectivity index (χ4v) is 5.63. The maximum Gasteiger partial charge on any atom is 0.259 e. The number of H-pyrrole nitrogens is 1. The summed E-state index contributed by atoms with van der Waals surface area (Å²) in [6.07, 6.45) is 1.47. The van der Waals surface area contributed by atoms with Crippen molar-refractivity contribution in [2.24, 2.45) is 0 Å².